The molecule has 0 aromatic heterocycles. The fraction of sp³-hybridized carbons (Fsp3) is 0.400. The monoisotopic (exact) mass is 449 g/mol. The Labute approximate surface area is 192 Å². The second kappa shape index (κ2) is 9.66. The number of nitrogens with zero attached hydrogens (tertiary/aromatic N) is 2. The predicted molar refractivity (Wildman–Crippen MR) is 126 cm³/mol. The van der Waals surface area contributed by atoms with Gasteiger partial charge in [0.25, 0.3) is 0 Å². The molecule has 2 fully saturated rings. The second-order valence-electron chi connectivity index (χ2n) is 8.31. The van der Waals surface area contributed by atoms with Gasteiger partial charge < -0.3 is 15.0 Å². The number of rotatable bonds is 5. The van der Waals surface area contributed by atoms with E-state index in [0.717, 1.165) is 43.4 Å². The number of ether oxygens (including phenoxy) is 1. The lowest BCUT2D eigenvalue weighted by molar-refractivity contribution is -0.142. The number of carbonyl (C=O) groups excluding carboxylic acids is 2. The van der Waals surface area contributed by atoms with Crippen LogP contribution in [0.15, 0.2) is 48.5 Å². The molecule has 1 atom stereocenters. The van der Waals surface area contributed by atoms with Crippen LogP contribution in [0.3, 0.4) is 0 Å². The number of hydrogen-bond acceptors (Lipinski definition) is 5. The molecule has 1 aliphatic carbocycles. The van der Waals surface area contributed by atoms with Crippen molar-refractivity contribution in [3.05, 3.63) is 59.7 Å². The number of benzene rings is 2. The Morgan fingerprint density at radius 1 is 1.12 bits per heavy atom. The van der Waals surface area contributed by atoms with Gasteiger partial charge in [-0.2, -0.15) is 5.26 Å². The molecule has 166 valence electrons. The number of thioether (sulfide) groups is 1. The number of amides is 2. The maximum Gasteiger partial charge on any atom is 0.248 e. The summed E-state index contributed by atoms with van der Waals surface area (Å²) in [7, 11) is 1.63. The first-order valence-corrected chi connectivity index (χ1v) is 12.1. The van der Waals surface area contributed by atoms with Crippen molar-refractivity contribution in [3.63, 3.8) is 0 Å². The molecule has 1 heterocycles. The first-order valence-electron chi connectivity index (χ1n) is 10.9. The van der Waals surface area contributed by atoms with E-state index in [0.29, 0.717) is 22.9 Å². The molecule has 2 aromatic carbocycles. The molecule has 1 aliphatic heterocycles. The summed E-state index contributed by atoms with van der Waals surface area (Å²) in [5.41, 5.74) is 1.27. The predicted octanol–water partition coefficient (Wildman–Crippen LogP) is 4.31. The third-order valence-electron chi connectivity index (χ3n) is 6.51. The molecule has 0 spiro atoms. The second-order valence-corrected chi connectivity index (χ2v) is 9.31. The molecule has 1 N–H and O–H groups in total. The van der Waals surface area contributed by atoms with Gasteiger partial charge in [0.05, 0.1) is 29.7 Å². The van der Waals surface area contributed by atoms with Gasteiger partial charge in [-0.3, -0.25) is 9.59 Å². The first kappa shape index (κ1) is 22.2. The van der Waals surface area contributed by atoms with Crippen molar-refractivity contribution < 1.29 is 14.3 Å². The molecule has 2 aliphatic rings. The van der Waals surface area contributed by atoms with Crippen molar-refractivity contribution >= 4 is 29.3 Å². The maximum atomic E-state index is 14.0. The van der Waals surface area contributed by atoms with Gasteiger partial charge in [-0.1, -0.05) is 43.5 Å². The Balaban J connectivity index is 1.60. The zero-order valence-electron chi connectivity index (χ0n) is 18.2. The lowest BCUT2D eigenvalue weighted by Gasteiger charge is -2.40. The molecule has 6 nitrogen and oxygen atoms in total. The van der Waals surface area contributed by atoms with Gasteiger partial charge in [-0.25, -0.2) is 0 Å². The standard InChI is InChI=1S/C25H27N3O3S/c1-31-20-11-9-19(10-12-20)25(13-5-2-6-14-25)24(30)28-17-32-16-22(28)23(29)27-21-8-4-3-7-18(21)15-26/h3-4,7-12,22H,2,5-6,13-14,16-17H2,1H3,(H,27,29)/t22-/m1/s1. The van der Waals surface area contributed by atoms with Gasteiger partial charge in [-0.05, 0) is 42.7 Å². The maximum absolute atomic E-state index is 14.0. The summed E-state index contributed by atoms with van der Waals surface area (Å²) in [6, 6.07) is 16.3. The summed E-state index contributed by atoms with van der Waals surface area (Å²) >= 11 is 1.59. The number of nitrogens with one attached hydrogen (secondary N) is 1. The lowest BCUT2D eigenvalue weighted by Crippen LogP contribution is -2.53. The van der Waals surface area contributed by atoms with Crippen molar-refractivity contribution in [3.8, 4) is 11.8 Å². The van der Waals surface area contributed by atoms with Crippen LogP contribution in [0.25, 0.3) is 0 Å². The molecular formula is C25H27N3O3S. The zero-order chi connectivity index (χ0) is 22.6. The van der Waals surface area contributed by atoms with Crippen molar-refractivity contribution in [2.75, 3.05) is 24.1 Å². The van der Waals surface area contributed by atoms with Gasteiger partial charge in [0.15, 0.2) is 0 Å². The van der Waals surface area contributed by atoms with E-state index in [2.05, 4.69) is 11.4 Å². The lowest BCUT2D eigenvalue weighted by atomic mass is 9.68. The summed E-state index contributed by atoms with van der Waals surface area (Å²) in [6.45, 7) is 0. The van der Waals surface area contributed by atoms with E-state index in [1.807, 2.05) is 24.3 Å². The molecule has 2 amide bonds. The summed E-state index contributed by atoms with van der Waals surface area (Å²) in [6.07, 6.45) is 4.67. The summed E-state index contributed by atoms with van der Waals surface area (Å²) < 4.78 is 5.30. The van der Waals surface area contributed by atoms with Crippen LogP contribution in [0.4, 0.5) is 5.69 Å². The van der Waals surface area contributed by atoms with Gasteiger partial charge in [0, 0.05) is 5.75 Å². The Hall–Kier alpha value is -2.98. The quantitative estimate of drug-likeness (QED) is 0.736. The molecule has 1 saturated heterocycles. The number of methoxy groups -OCH3 is 1. The molecule has 32 heavy (non-hydrogen) atoms. The van der Waals surface area contributed by atoms with Crippen LogP contribution in [0, 0.1) is 11.3 Å². The van der Waals surface area contributed by atoms with Gasteiger partial charge in [0.1, 0.15) is 17.9 Å². The molecule has 0 bridgehead atoms. The number of hydrogen-bond donors (Lipinski definition) is 1. The van der Waals surface area contributed by atoms with E-state index in [-0.39, 0.29) is 11.8 Å². The molecule has 0 unspecified atom stereocenters. The minimum absolute atomic E-state index is 0.0288. The van der Waals surface area contributed by atoms with Crippen LogP contribution in [0.5, 0.6) is 5.75 Å². The van der Waals surface area contributed by atoms with Crippen molar-refractivity contribution in [2.45, 2.75) is 43.6 Å². The SMILES string of the molecule is COc1ccc(C2(C(=O)N3CSC[C@@H]3C(=O)Nc3ccccc3C#N)CCCCC2)cc1. The molecule has 7 heteroatoms. The highest BCUT2D eigenvalue weighted by atomic mass is 32.2. The van der Waals surface area contributed by atoms with Crippen LogP contribution in [-0.4, -0.2) is 41.5 Å². The number of carbonyl (C=O) groups is 2. The van der Waals surface area contributed by atoms with Gasteiger partial charge in [0.2, 0.25) is 11.8 Å². The summed E-state index contributed by atoms with van der Waals surface area (Å²) in [5.74, 6) is 1.59. The van der Waals surface area contributed by atoms with E-state index in [9.17, 15) is 14.9 Å². The van der Waals surface area contributed by atoms with Crippen molar-refractivity contribution in [2.24, 2.45) is 0 Å². The highest BCUT2D eigenvalue weighted by Gasteiger charge is 2.47. The zero-order valence-corrected chi connectivity index (χ0v) is 19.0. The van der Waals surface area contributed by atoms with Crippen LogP contribution in [0.1, 0.15) is 43.2 Å². The third-order valence-corrected chi connectivity index (χ3v) is 7.52. The highest BCUT2D eigenvalue weighted by molar-refractivity contribution is 7.99. The minimum atomic E-state index is -0.613. The summed E-state index contributed by atoms with van der Waals surface area (Å²) in [4.78, 5) is 28.9. The van der Waals surface area contributed by atoms with Crippen LogP contribution in [-0.2, 0) is 15.0 Å². The van der Waals surface area contributed by atoms with Crippen LogP contribution in [0.2, 0.25) is 0 Å². The Bertz CT molecular complexity index is 1030. The molecule has 0 radical (unpaired) electrons. The molecule has 2 aromatic rings. The number of para-hydroxylation sites is 1. The Morgan fingerprint density at radius 3 is 2.53 bits per heavy atom. The number of nitriles is 1. The molecular weight excluding hydrogens is 422 g/mol. The molecule has 1 saturated carbocycles. The highest BCUT2D eigenvalue weighted by Crippen LogP contribution is 2.43. The fourth-order valence-electron chi connectivity index (χ4n) is 4.73. The van der Waals surface area contributed by atoms with Crippen molar-refractivity contribution in [1.82, 2.24) is 4.90 Å². The van der Waals surface area contributed by atoms with E-state index in [4.69, 9.17) is 4.74 Å². The van der Waals surface area contributed by atoms with E-state index in [1.165, 1.54) is 0 Å². The smallest absolute Gasteiger partial charge is 0.248 e. The number of anilines is 1. The normalized spacial score (nSPS) is 19.8. The molecule has 4 rings (SSSR count). The van der Waals surface area contributed by atoms with Gasteiger partial charge in [-0.15, -0.1) is 11.8 Å². The van der Waals surface area contributed by atoms with E-state index >= 15 is 0 Å². The Kier molecular flexibility index (Phi) is 6.71. The van der Waals surface area contributed by atoms with Crippen molar-refractivity contribution in [1.29, 1.82) is 5.26 Å². The van der Waals surface area contributed by atoms with Gasteiger partial charge >= 0.3 is 0 Å². The first-order chi connectivity index (χ1) is 15.6. The van der Waals surface area contributed by atoms with E-state index < -0.39 is 11.5 Å². The summed E-state index contributed by atoms with van der Waals surface area (Å²) in [5, 5.41) is 12.2. The average molecular weight is 450 g/mol. The third kappa shape index (κ3) is 4.20. The van der Waals surface area contributed by atoms with Crippen LogP contribution >= 0.6 is 11.8 Å². The largest absolute Gasteiger partial charge is 0.497 e. The average Bonchev–Trinajstić information content (AvgIpc) is 3.34. The Morgan fingerprint density at radius 2 is 1.84 bits per heavy atom. The van der Waals surface area contributed by atoms with Crippen LogP contribution < -0.4 is 10.1 Å². The fourth-order valence-corrected chi connectivity index (χ4v) is 5.89. The topological polar surface area (TPSA) is 82.4 Å². The van der Waals surface area contributed by atoms with E-state index in [1.54, 1.807) is 48.0 Å². The minimum Gasteiger partial charge on any atom is -0.497 e.